The number of aromatic nitrogens is 2. The van der Waals surface area contributed by atoms with Crippen molar-refractivity contribution in [3.8, 4) is 0 Å². The summed E-state index contributed by atoms with van der Waals surface area (Å²) in [4.78, 5) is 13.9. The van der Waals surface area contributed by atoms with E-state index in [-0.39, 0.29) is 5.91 Å². The highest BCUT2D eigenvalue weighted by Crippen LogP contribution is 2.17. The Kier molecular flexibility index (Phi) is 2.75. The molecule has 1 fully saturated rings. The molecule has 82 valence electrons. The number of hydrogen-bond acceptors (Lipinski definition) is 2. The Bertz CT molecular complexity index is 358. The summed E-state index contributed by atoms with van der Waals surface area (Å²) < 4.78 is 1.67. The van der Waals surface area contributed by atoms with Gasteiger partial charge in [-0.25, -0.2) is 0 Å². The number of amides is 1. The third kappa shape index (κ3) is 2.19. The van der Waals surface area contributed by atoms with Crippen molar-refractivity contribution in [2.45, 2.75) is 19.8 Å². The number of hydrogen-bond donors (Lipinski definition) is 0. The highest BCUT2D eigenvalue weighted by Gasteiger charge is 2.23. The van der Waals surface area contributed by atoms with Crippen LogP contribution in [-0.2, 0) is 7.05 Å². The maximum absolute atomic E-state index is 12.0. The fraction of sp³-hybridized carbons (Fsp3) is 0.636. The van der Waals surface area contributed by atoms with Crippen molar-refractivity contribution in [1.82, 2.24) is 14.7 Å². The molecule has 1 aliphatic heterocycles. The van der Waals surface area contributed by atoms with Gasteiger partial charge < -0.3 is 4.90 Å². The molecule has 0 spiro atoms. The van der Waals surface area contributed by atoms with Crippen LogP contribution >= 0.6 is 0 Å². The molecule has 0 radical (unpaired) electrons. The molecular formula is C11H17N3O. The Morgan fingerprint density at radius 2 is 2.40 bits per heavy atom. The van der Waals surface area contributed by atoms with E-state index < -0.39 is 0 Å². The van der Waals surface area contributed by atoms with Crippen LogP contribution in [0.1, 0.15) is 30.3 Å². The summed E-state index contributed by atoms with van der Waals surface area (Å²) in [5.41, 5.74) is 0.562. The number of carbonyl (C=O) groups is 1. The van der Waals surface area contributed by atoms with E-state index in [4.69, 9.17) is 0 Å². The minimum absolute atomic E-state index is 0.0714. The van der Waals surface area contributed by atoms with Gasteiger partial charge in [0, 0.05) is 26.3 Å². The van der Waals surface area contributed by atoms with Gasteiger partial charge >= 0.3 is 0 Å². The molecule has 1 amide bonds. The SMILES string of the molecule is C[C@@H]1CCCN(C(=O)c2ccn(C)n2)C1. The van der Waals surface area contributed by atoms with E-state index in [1.165, 1.54) is 6.42 Å². The highest BCUT2D eigenvalue weighted by atomic mass is 16.2. The molecule has 4 nitrogen and oxygen atoms in total. The van der Waals surface area contributed by atoms with Crippen LogP contribution in [0.15, 0.2) is 12.3 Å². The molecule has 15 heavy (non-hydrogen) atoms. The molecule has 1 saturated heterocycles. The minimum Gasteiger partial charge on any atom is -0.337 e. The summed E-state index contributed by atoms with van der Waals surface area (Å²) in [6.07, 6.45) is 4.15. The van der Waals surface area contributed by atoms with Crippen molar-refractivity contribution in [2.24, 2.45) is 13.0 Å². The van der Waals surface area contributed by atoms with Gasteiger partial charge in [-0.15, -0.1) is 0 Å². The number of carbonyl (C=O) groups excluding carboxylic acids is 1. The van der Waals surface area contributed by atoms with Gasteiger partial charge in [-0.1, -0.05) is 6.92 Å². The van der Waals surface area contributed by atoms with Crippen molar-refractivity contribution in [2.75, 3.05) is 13.1 Å². The molecule has 1 aliphatic rings. The van der Waals surface area contributed by atoms with Gasteiger partial charge in [0.25, 0.3) is 5.91 Å². The van der Waals surface area contributed by atoms with Crippen molar-refractivity contribution >= 4 is 5.91 Å². The average molecular weight is 207 g/mol. The lowest BCUT2D eigenvalue weighted by Gasteiger charge is -2.30. The first-order valence-corrected chi connectivity index (χ1v) is 5.46. The van der Waals surface area contributed by atoms with Gasteiger partial charge in [0.15, 0.2) is 0 Å². The third-order valence-electron chi connectivity index (χ3n) is 2.88. The molecule has 0 aliphatic carbocycles. The normalized spacial score (nSPS) is 21.7. The van der Waals surface area contributed by atoms with Crippen LogP contribution in [0.5, 0.6) is 0 Å². The number of aryl methyl sites for hydroxylation is 1. The van der Waals surface area contributed by atoms with Crippen molar-refractivity contribution in [3.63, 3.8) is 0 Å². The summed E-state index contributed by atoms with van der Waals surface area (Å²) in [7, 11) is 1.83. The standard InChI is InChI=1S/C11H17N3O/c1-9-4-3-6-14(8-9)11(15)10-5-7-13(2)12-10/h5,7,9H,3-4,6,8H2,1-2H3/t9-/m1/s1. The van der Waals surface area contributed by atoms with E-state index in [0.717, 1.165) is 19.5 Å². The molecule has 1 aromatic rings. The van der Waals surface area contributed by atoms with E-state index in [2.05, 4.69) is 12.0 Å². The minimum atomic E-state index is 0.0714. The Balaban J connectivity index is 2.07. The largest absolute Gasteiger partial charge is 0.337 e. The molecule has 1 atom stereocenters. The van der Waals surface area contributed by atoms with Gasteiger partial charge in [0.2, 0.25) is 0 Å². The predicted molar refractivity (Wildman–Crippen MR) is 57.5 cm³/mol. The number of likely N-dealkylation sites (tertiary alicyclic amines) is 1. The van der Waals surface area contributed by atoms with Crippen molar-refractivity contribution < 1.29 is 4.79 Å². The second-order valence-corrected chi connectivity index (χ2v) is 4.37. The van der Waals surface area contributed by atoms with Gasteiger partial charge in [0.05, 0.1) is 0 Å². The van der Waals surface area contributed by atoms with Crippen LogP contribution in [-0.4, -0.2) is 33.7 Å². The Morgan fingerprint density at radius 1 is 1.60 bits per heavy atom. The average Bonchev–Trinajstić information content (AvgIpc) is 2.64. The summed E-state index contributed by atoms with van der Waals surface area (Å²) in [5, 5.41) is 4.14. The zero-order valence-corrected chi connectivity index (χ0v) is 9.31. The van der Waals surface area contributed by atoms with Crippen LogP contribution < -0.4 is 0 Å². The lowest BCUT2D eigenvalue weighted by atomic mass is 10.0. The fourth-order valence-corrected chi connectivity index (χ4v) is 2.06. The number of rotatable bonds is 1. The summed E-state index contributed by atoms with van der Waals surface area (Å²) in [6, 6.07) is 1.78. The molecule has 4 heteroatoms. The van der Waals surface area contributed by atoms with Crippen LogP contribution in [0.2, 0.25) is 0 Å². The zero-order chi connectivity index (χ0) is 10.8. The van der Waals surface area contributed by atoms with E-state index >= 15 is 0 Å². The monoisotopic (exact) mass is 207 g/mol. The first-order valence-electron chi connectivity index (χ1n) is 5.46. The molecule has 0 saturated carbocycles. The molecule has 2 heterocycles. The van der Waals surface area contributed by atoms with Crippen LogP contribution in [0.4, 0.5) is 0 Å². The molecule has 0 aromatic carbocycles. The first kappa shape index (κ1) is 10.2. The van der Waals surface area contributed by atoms with Crippen LogP contribution in [0, 0.1) is 5.92 Å². The Hall–Kier alpha value is -1.32. The van der Waals surface area contributed by atoms with E-state index in [1.807, 2.05) is 11.9 Å². The molecule has 1 aromatic heterocycles. The molecule has 0 N–H and O–H groups in total. The van der Waals surface area contributed by atoms with Crippen LogP contribution in [0.25, 0.3) is 0 Å². The topological polar surface area (TPSA) is 38.1 Å². The summed E-state index contributed by atoms with van der Waals surface area (Å²) >= 11 is 0. The lowest BCUT2D eigenvalue weighted by Crippen LogP contribution is -2.39. The van der Waals surface area contributed by atoms with E-state index in [0.29, 0.717) is 11.6 Å². The van der Waals surface area contributed by atoms with Gasteiger partial charge in [-0.2, -0.15) is 5.10 Å². The first-order chi connectivity index (χ1) is 7.16. The summed E-state index contributed by atoms with van der Waals surface area (Å²) in [6.45, 7) is 3.94. The maximum Gasteiger partial charge on any atom is 0.274 e. The van der Waals surface area contributed by atoms with Crippen molar-refractivity contribution in [3.05, 3.63) is 18.0 Å². The lowest BCUT2D eigenvalue weighted by molar-refractivity contribution is 0.0676. The second kappa shape index (κ2) is 4.04. The second-order valence-electron chi connectivity index (χ2n) is 4.37. The predicted octanol–water partition coefficient (Wildman–Crippen LogP) is 1.29. The van der Waals surface area contributed by atoms with Crippen molar-refractivity contribution in [1.29, 1.82) is 0 Å². The van der Waals surface area contributed by atoms with E-state index in [9.17, 15) is 4.79 Å². The van der Waals surface area contributed by atoms with Gasteiger partial charge in [-0.05, 0) is 24.8 Å². The Labute approximate surface area is 89.9 Å². The fourth-order valence-electron chi connectivity index (χ4n) is 2.06. The maximum atomic E-state index is 12.0. The smallest absolute Gasteiger partial charge is 0.274 e. The Morgan fingerprint density at radius 3 is 3.00 bits per heavy atom. The van der Waals surface area contributed by atoms with E-state index in [1.54, 1.807) is 16.9 Å². The molecule has 2 rings (SSSR count). The zero-order valence-electron chi connectivity index (χ0n) is 9.31. The third-order valence-corrected chi connectivity index (χ3v) is 2.88. The molecular weight excluding hydrogens is 190 g/mol. The quantitative estimate of drug-likeness (QED) is 0.696. The number of nitrogens with zero attached hydrogens (tertiary/aromatic N) is 3. The van der Waals surface area contributed by atoms with Crippen LogP contribution in [0.3, 0.4) is 0 Å². The summed E-state index contributed by atoms with van der Waals surface area (Å²) in [5.74, 6) is 0.688. The number of piperidine rings is 1. The van der Waals surface area contributed by atoms with Gasteiger partial charge in [-0.3, -0.25) is 9.48 Å². The molecule has 0 bridgehead atoms. The highest BCUT2D eigenvalue weighted by molar-refractivity contribution is 5.92. The molecule has 0 unspecified atom stereocenters. The van der Waals surface area contributed by atoms with Gasteiger partial charge in [0.1, 0.15) is 5.69 Å².